The summed E-state index contributed by atoms with van der Waals surface area (Å²) < 4.78 is 43.0. The minimum absolute atomic E-state index is 0.172. The van der Waals surface area contributed by atoms with Crippen LogP contribution in [0.15, 0.2) is 48.5 Å². The molecular formula is C51H64F2N10O6. The molecule has 16 nitrogen and oxygen atoms in total. The molecule has 2 aromatic heterocycles. The summed E-state index contributed by atoms with van der Waals surface area (Å²) >= 11 is 0. The van der Waals surface area contributed by atoms with Gasteiger partial charge in [-0.05, 0) is 117 Å². The number of halogens is 2. The summed E-state index contributed by atoms with van der Waals surface area (Å²) in [6.07, 6.45) is 5.82. The Morgan fingerprint density at radius 2 is 1.04 bits per heavy atom. The van der Waals surface area contributed by atoms with Gasteiger partial charge in [0.2, 0.25) is 11.8 Å². The van der Waals surface area contributed by atoms with Crippen molar-refractivity contribution in [2.45, 2.75) is 122 Å². The second kappa shape index (κ2) is 19.9. The van der Waals surface area contributed by atoms with Crippen LogP contribution in [0.1, 0.15) is 132 Å². The number of rotatable bonds is 12. The topological polar surface area (TPSA) is 181 Å². The normalized spacial score (nSPS) is 21.7. The summed E-state index contributed by atoms with van der Waals surface area (Å²) in [5.74, 6) is -1.18. The van der Waals surface area contributed by atoms with Crippen molar-refractivity contribution >= 4 is 57.4 Å². The van der Waals surface area contributed by atoms with Crippen molar-refractivity contribution in [3.63, 3.8) is 0 Å². The summed E-state index contributed by atoms with van der Waals surface area (Å²) in [4.78, 5) is 76.6. The number of fused-ring (bicyclic) bond motifs is 2. The van der Waals surface area contributed by atoms with Crippen molar-refractivity contribution in [1.29, 1.82) is 0 Å². The van der Waals surface area contributed by atoms with Crippen LogP contribution < -0.4 is 20.4 Å². The molecule has 9 rings (SSSR count). The highest BCUT2D eigenvalue weighted by Gasteiger charge is 2.41. The molecule has 5 aromatic rings. The quantitative estimate of drug-likeness (QED) is 0.0944. The molecule has 0 aliphatic carbocycles. The first-order valence-electron chi connectivity index (χ1n) is 24.6. The van der Waals surface area contributed by atoms with E-state index in [1.54, 1.807) is 21.9 Å². The highest BCUT2D eigenvalue weighted by atomic mass is 19.2. The number of benzene rings is 3. The summed E-state index contributed by atoms with van der Waals surface area (Å²) in [5, 5.41) is 5.41. The number of likely N-dealkylation sites (tertiary alicyclic amines) is 2. The number of nitrogens with zero attached hydrogens (tertiary/aromatic N) is 6. The number of piperidine rings is 1. The van der Waals surface area contributed by atoms with Crippen molar-refractivity contribution in [2.75, 3.05) is 50.2 Å². The number of nitrogens with one attached hydrogen (secondary N) is 4. The highest BCUT2D eigenvalue weighted by molar-refractivity contribution is 5.88. The zero-order valence-electron chi connectivity index (χ0n) is 40.3. The summed E-state index contributed by atoms with van der Waals surface area (Å²) in [5.41, 5.74) is 5.21. The maximum atomic E-state index is 16.9. The van der Waals surface area contributed by atoms with Gasteiger partial charge in [0.05, 0.1) is 71.8 Å². The van der Waals surface area contributed by atoms with E-state index in [9.17, 15) is 19.2 Å². The van der Waals surface area contributed by atoms with E-state index in [1.807, 2.05) is 73.9 Å². The van der Waals surface area contributed by atoms with Gasteiger partial charge in [0.1, 0.15) is 23.7 Å². The lowest BCUT2D eigenvalue weighted by Gasteiger charge is -2.35. The van der Waals surface area contributed by atoms with Crippen molar-refractivity contribution in [1.82, 2.24) is 40.4 Å². The number of alkyl carbamates (subject to hydrolysis) is 2. The largest absolute Gasteiger partial charge is 0.453 e. The van der Waals surface area contributed by atoms with Gasteiger partial charge in [-0.1, -0.05) is 39.8 Å². The molecule has 4 aliphatic heterocycles. The van der Waals surface area contributed by atoms with Crippen LogP contribution in [0.4, 0.5) is 29.7 Å². The first-order chi connectivity index (χ1) is 33.3. The second-order valence-corrected chi connectivity index (χ2v) is 19.7. The molecule has 0 saturated carbocycles. The van der Waals surface area contributed by atoms with Gasteiger partial charge in [-0.3, -0.25) is 9.59 Å². The maximum Gasteiger partial charge on any atom is 0.407 e. The average Bonchev–Trinajstić information content (AvgIpc) is 4.21. The number of methoxy groups -OCH3 is 2. The van der Waals surface area contributed by atoms with E-state index in [-0.39, 0.29) is 59.2 Å². The molecule has 0 radical (unpaired) electrons. The zero-order chi connectivity index (χ0) is 48.7. The number of hydrogen-bond donors (Lipinski definition) is 4. The summed E-state index contributed by atoms with van der Waals surface area (Å²) in [6, 6.07) is 12.5. The van der Waals surface area contributed by atoms with Gasteiger partial charge in [-0.25, -0.2) is 28.3 Å². The van der Waals surface area contributed by atoms with E-state index in [0.717, 1.165) is 54.3 Å². The number of hydrogen-bond acceptors (Lipinski definition) is 10. The van der Waals surface area contributed by atoms with Gasteiger partial charge < -0.3 is 49.7 Å². The fourth-order valence-corrected chi connectivity index (χ4v) is 11.1. The smallest absolute Gasteiger partial charge is 0.407 e. The minimum atomic E-state index is -0.885. The van der Waals surface area contributed by atoms with Crippen LogP contribution in [-0.2, 0) is 19.1 Å². The van der Waals surface area contributed by atoms with Crippen molar-refractivity contribution in [3.8, 4) is 0 Å². The number of carbonyl (C=O) groups is 4. The number of carbonyl (C=O) groups excluding carboxylic acids is 4. The standard InChI is InChI=1S/C51H64F2N10O6/c1-28(2)44(58-50(66)68-5)48(64)61-24-10-12-40(61)46-54-32-16-14-30(26-34(32)56-46)36-18-19-37(63(36)39-21-20-38(42(52)43(39)53)60-22-8-7-9-23-60)31-15-17-33-35(27-31)57-47(55-33)41-13-11-25-62(41)49(65)45(29(3)4)59-51(67)69-6/h14-17,20-21,26-29,36-37,40-41,44-45H,7-13,18-19,22-25H2,1-6H3,(H,54,56)(H,55,57)(H,58,66)(H,59,67)/t36-,37-,40+,41+,44+,45+/m1/s1. The molecular weight excluding hydrogens is 887 g/mol. The Morgan fingerprint density at radius 1 is 0.594 bits per heavy atom. The second-order valence-electron chi connectivity index (χ2n) is 19.7. The lowest BCUT2D eigenvalue weighted by molar-refractivity contribution is -0.136. The number of ether oxygens (including phenoxy) is 2. The molecule has 4 N–H and O–H groups in total. The molecule has 18 heteroatoms. The Balaban J connectivity index is 1.04. The Labute approximate surface area is 400 Å². The van der Waals surface area contributed by atoms with Gasteiger partial charge in [-0.2, -0.15) is 0 Å². The molecule has 6 heterocycles. The van der Waals surface area contributed by atoms with E-state index in [2.05, 4.69) is 20.6 Å². The van der Waals surface area contributed by atoms with Crippen LogP contribution in [0.2, 0.25) is 0 Å². The number of aromatic amines is 2. The molecule has 0 unspecified atom stereocenters. The number of imidazole rings is 2. The van der Waals surface area contributed by atoms with Gasteiger partial charge in [-0.15, -0.1) is 0 Å². The Morgan fingerprint density at radius 3 is 1.49 bits per heavy atom. The van der Waals surface area contributed by atoms with E-state index < -0.39 is 35.9 Å². The summed E-state index contributed by atoms with van der Waals surface area (Å²) in [7, 11) is 2.55. The first kappa shape index (κ1) is 47.6. The van der Waals surface area contributed by atoms with Crippen molar-refractivity contribution in [3.05, 3.63) is 82.9 Å². The monoisotopic (exact) mass is 950 g/mol. The van der Waals surface area contributed by atoms with Crippen LogP contribution in [0.5, 0.6) is 0 Å². The number of aromatic nitrogens is 4. The Bertz CT molecular complexity index is 2570. The van der Waals surface area contributed by atoms with Gasteiger partial charge in [0, 0.05) is 26.2 Å². The van der Waals surface area contributed by atoms with Crippen LogP contribution in [-0.4, -0.2) is 106 Å². The molecule has 3 aromatic carbocycles. The molecule has 368 valence electrons. The van der Waals surface area contributed by atoms with E-state index in [1.165, 1.54) is 14.2 Å². The minimum Gasteiger partial charge on any atom is -0.453 e. The fourth-order valence-electron chi connectivity index (χ4n) is 11.1. The van der Waals surface area contributed by atoms with E-state index in [4.69, 9.17) is 19.4 Å². The predicted octanol–water partition coefficient (Wildman–Crippen LogP) is 8.88. The molecule has 0 spiro atoms. The summed E-state index contributed by atoms with van der Waals surface area (Å²) in [6.45, 7) is 9.92. The molecule has 6 atom stereocenters. The van der Waals surface area contributed by atoms with Crippen LogP contribution >= 0.6 is 0 Å². The van der Waals surface area contributed by atoms with Gasteiger partial charge >= 0.3 is 12.2 Å². The highest BCUT2D eigenvalue weighted by Crippen LogP contribution is 2.49. The Kier molecular flexibility index (Phi) is 13.7. The lowest BCUT2D eigenvalue weighted by atomic mass is 10.0. The SMILES string of the molecule is COC(=O)N[C@H](C(=O)N1CCC[C@H]1c1nc2ccc([C@H]3CC[C@H](c4ccc5nc([C@@H]6CCCN6C(=O)[C@@H](NC(=O)OC)C(C)C)[nH]c5c4)N3c3ccc(N4CCCCC4)c(F)c3F)cc2[nH]1)C(C)C. The van der Waals surface area contributed by atoms with Crippen molar-refractivity contribution < 1.29 is 37.4 Å². The number of anilines is 2. The molecule has 69 heavy (non-hydrogen) atoms. The van der Waals surface area contributed by atoms with Gasteiger partial charge in [0.25, 0.3) is 0 Å². The van der Waals surface area contributed by atoms with Crippen LogP contribution in [0.3, 0.4) is 0 Å². The predicted molar refractivity (Wildman–Crippen MR) is 258 cm³/mol. The third-order valence-electron chi connectivity index (χ3n) is 14.7. The Hall–Kier alpha value is -6.46. The number of amides is 4. The molecule has 4 fully saturated rings. The third-order valence-corrected chi connectivity index (χ3v) is 14.7. The third kappa shape index (κ3) is 9.25. The fraction of sp³-hybridized carbons (Fsp3) is 0.529. The zero-order valence-corrected chi connectivity index (χ0v) is 40.3. The van der Waals surface area contributed by atoms with Gasteiger partial charge in [0.15, 0.2) is 11.6 Å². The molecule has 4 amide bonds. The average molecular weight is 951 g/mol. The van der Waals surface area contributed by atoms with Crippen molar-refractivity contribution in [2.24, 2.45) is 11.8 Å². The van der Waals surface area contributed by atoms with E-state index in [0.29, 0.717) is 74.5 Å². The molecule has 4 saturated heterocycles. The molecule has 0 bridgehead atoms. The van der Waals surface area contributed by atoms with Crippen LogP contribution in [0, 0.1) is 23.5 Å². The van der Waals surface area contributed by atoms with E-state index >= 15 is 8.78 Å². The van der Waals surface area contributed by atoms with Crippen LogP contribution in [0.25, 0.3) is 22.1 Å². The number of H-pyrrole nitrogens is 2. The molecule has 4 aliphatic rings. The lowest BCUT2D eigenvalue weighted by Crippen LogP contribution is -2.51. The first-order valence-corrected chi connectivity index (χ1v) is 24.6. The maximum absolute atomic E-state index is 16.9.